The maximum atomic E-state index is 5.76. The van der Waals surface area contributed by atoms with Crippen LogP contribution < -0.4 is 10.5 Å². The maximum absolute atomic E-state index is 5.76. The summed E-state index contributed by atoms with van der Waals surface area (Å²) >= 11 is 0. The smallest absolute Gasteiger partial charge is 0.119 e. The highest BCUT2D eigenvalue weighted by Crippen LogP contribution is 2.14. The van der Waals surface area contributed by atoms with Gasteiger partial charge in [0.1, 0.15) is 11.6 Å². The highest BCUT2D eigenvalue weighted by Gasteiger charge is 2.04. The van der Waals surface area contributed by atoms with E-state index >= 15 is 0 Å². The fourth-order valence-corrected chi connectivity index (χ4v) is 2.22. The molecule has 0 atom stereocenters. The van der Waals surface area contributed by atoms with Crippen molar-refractivity contribution in [2.45, 2.75) is 13.3 Å². The number of imidazole rings is 1. The summed E-state index contributed by atoms with van der Waals surface area (Å²) in [5, 5.41) is 0. The fourth-order valence-electron chi connectivity index (χ4n) is 2.22. The van der Waals surface area contributed by atoms with Crippen molar-refractivity contribution in [3.05, 3.63) is 60.2 Å². The van der Waals surface area contributed by atoms with Crippen molar-refractivity contribution in [1.29, 1.82) is 0 Å². The van der Waals surface area contributed by atoms with Crippen molar-refractivity contribution in [2.75, 3.05) is 12.3 Å². The molecule has 2 aromatic heterocycles. The maximum Gasteiger partial charge on any atom is 0.119 e. The lowest BCUT2D eigenvalue weighted by Gasteiger charge is -2.06. The van der Waals surface area contributed by atoms with Crippen LogP contribution in [-0.4, -0.2) is 16.0 Å². The lowest BCUT2D eigenvalue weighted by molar-refractivity contribution is 0.318. The quantitative estimate of drug-likeness (QED) is 0.790. The molecule has 3 aromatic rings. The Bertz CT molecular complexity index is 733. The Kier molecular flexibility index (Phi) is 3.29. The number of anilines is 1. The number of benzene rings is 1. The van der Waals surface area contributed by atoms with Gasteiger partial charge in [-0.2, -0.15) is 0 Å². The van der Waals surface area contributed by atoms with E-state index in [4.69, 9.17) is 10.5 Å². The molecule has 1 aromatic carbocycles. The molecule has 4 heteroatoms. The molecular formula is C16H17N3O. The molecule has 0 aliphatic rings. The number of nitrogen functional groups attached to an aromatic ring is 1. The summed E-state index contributed by atoms with van der Waals surface area (Å²) in [7, 11) is 0. The van der Waals surface area contributed by atoms with E-state index in [2.05, 4.69) is 18.0 Å². The topological polar surface area (TPSA) is 52.5 Å². The number of pyridine rings is 1. The minimum Gasteiger partial charge on any atom is -0.493 e. The second-order valence-corrected chi connectivity index (χ2v) is 4.84. The first-order chi connectivity index (χ1) is 9.72. The number of hydrogen-bond acceptors (Lipinski definition) is 3. The summed E-state index contributed by atoms with van der Waals surface area (Å²) in [4.78, 5) is 4.41. The van der Waals surface area contributed by atoms with Gasteiger partial charge in [0.05, 0.1) is 18.3 Å². The number of ether oxygens (including phenoxy) is 1. The second kappa shape index (κ2) is 5.25. The normalized spacial score (nSPS) is 10.8. The molecule has 0 bridgehead atoms. The van der Waals surface area contributed by atoms with Gasteiger partial charge in [-0.1, -0.05) is 12.1 Å². The van der Waals surface area contributed by atoms with Gasteiger partial charge in [0.2, 0.25) is 0 Å². The first kappa shape index (κ1) is 12.5. The molecule has 20 heavy (non-hydrogen) atoms. The van der Waals surface area contributed by atoms with Gasteiger partial charge in [-0.3, -0.25) is 0 Å². The molecule has 0 radical (unpaired) electrons. The molecule has 0 unspecified atom stereocenters. The number of aromatic nitrogens is 2. The van der Waals surface area contributed by atoms with Gasteiger partial charge in [0.15, 0.2) is 0 Å². The Morgan fingerprint density at radius 1 is 1.25 bits per heavy atom. The number of nitrogens with zero attached hydrogens (tertiary/aromatic N) is 2. The molecule has 0 aliphatic heterocycles. The third-order valence-corrected chi connectivity index (χ3v) is 3.22. The Morgan fingerprint density at radius 2 is 2.15 bits per heavy atom. The minimum atomic E-state index is 0.604. The standard InChI is InChI=1S/C16H17N3O/c1-12-3-2-4-15(9-12)20-8-6-16-18-11-14-10-13(17)5-7-19(14)16/h2-5,7,9-11H,6,8,17H2,1H3. The Balaban J connectivity index is 1.68. The van der Waals surface area contributed by atoms with E-state index in [-0.39, 0.29) is 0 Å². The van der Waals surface area contributed by atoms with Crippen LogP contribution in [0.15, 0.2) is 48.8 Å². The molecular weight excluding hydrogens is 250 g/mol. The van der Waals surface area contributed by atoms with E-state index in [1.165, 1.54) is 5.56 Å². The van der Waals surface area contributed by atoms with Crippen LogP contribution in [0, 0.1) is 6.92 Å². The highest BCUT2D eigenvalue weighted by atomic mass is 16.5. The van der Waals surface area contributed by atoms with Gasteiger partial charge in [-0.25, -0.2) is 4.98 Å². The van der Waals surface area contributed by atoms with E-state index < -0.39 is 0 Å². The Hall–Kier alpha value is -2.49. The number of fused-ring (bicyclic) bond motifs is 1. The average Bonchev–Trinajstić information content (AvgIpc) is 2.81. The molecule has 102 valence electrons. The first-order valence-electron chi connectivity index (χ1n) is 6.63. The van der Waals surface area contributed by atoms with Gasteiger partial charge >= 0.3 is 0 Å². The van der Waals surface area contributed by atoms with E-state index in [0.717, 1.165) is 29.2 Å². The van der Waals surface area contributed by atoms with E-state index in [9.17, 15) is 0 Å². The van der Waals surface area contributed by atoms with Crippen LogP contribution in [0.5, 0.6) is 5.75 Å². The molecule has 0 fully saturated rings. The van der Waals surface area contributed by atoms with Crippen molar-refractivity contribution < 1.29 is 4.74 Å². The van der Waals surface area contributed by atoms with Gasteiger partial charge in [0, 0.05) is 18.3 Å². The zero-order valence-corrected chi connectivity index (χ0v) is 11.4. The molecule has 0 saturated heterocycles. The van der Waals surface area contributed by atoms with Gasteiger partial charge in [-0.05, 0) is 36.8 Å². The lowest BCUT2D eigenvalue weighted by atomic mass is 10.2. The lowest BCUT2D eigenvalue weighted by Crippen LogP contribution is -2.05. The van der Waals surface area contributed by atoms with Crippen LogP contribution in [-0.2, 0) is 6.42 Å². The molecule has 0 spiro atoms. The summed E-state index contributed by atoms with van der Waals surface area (Å²) in [5.74, 6) is 1.88. The predicted molar refractivity (Wildman–Crippen MR) is 80.0 cm³/mol. The minimum absolute atomic E-state index is 0.604. The molecule has 2 N–H and O–H groups in total. The van der Waals surface area contributed by atoms with Crippen molar-refractivity contribution in [3.63, 3.8) is 0 Å². The molecule has 0 aliphatic carbocycles. The Morgan fingerprint density at radius 3 is 3.00 bits per heavy atom. The van der Waals surface area contributed by atoms with Crippen LogP contribution in [0.1, 0.15) is 11.4 Å². The second-order valence-electron chi connectivity index (χ2n) is 4.84. The number of aryl methyl sites for hydroxylation is 1. The van der Waals surface area contributed by atoms with Crippen molar-refractivity contribution in [3.8, 4) is 5.75 Å². The predicted octanol–water partition coefficient (Wildman–Crippen LogP) is 2.85. The molecule has 3 rings (SSSR count). The first-order valence-corrected chi connectivity index (χ1v) is 6.63. The largest absolute Gasteiger partial charge is 0.493 e. The van der Waals surface area contributed by atoms with Gasteiger partial charge < -0.3 is 14.9 Å². The summed E-state index contributed by atoms with van der Waals surface area (Å²) in [6.07, 6.45) is 4.53. The molecule has 0 amide bonds. The Labute approximate surface area is 117 Å². The third kappa shape index (κ3) is 2.59. The molecule has 2 heterocycles. The van der Waals surface area contributed by atoms with Crippen LogP contribution in [0.3, 0.4) is 0 Å². The van der Waals surface area contributed by atoms with Gasteiger partial charge in [-0.15, -0.1) is 0 Å². The van der Waals surface area contributed by atoms with Crippen LogP contribution in [0.4, 0.5) is 5.69 Å². The third-order valence-electron chi connectivity index (χ3n) is 3.22. The molecule has 0 saturated carbocycles. The summed E-state index contributed by atoms with van der Waals surface area (Å²) in [6, 6.07) is 11.8. The van der Waals surface area contributed by atoms with Crippen LogP contribution >= 0.6 is 0 Å². The highest BCUT2D eigenvalue weighted by molar-refractivity contribution is 5.55. The van der Waals surface area contributed by atoms with Crippen molar-refractivity contribution in [2.24, 2.45) is 0 Å². The SMILES string of the molecule is Cc1cccc(OCCc2ncc3cc(N)ccn23)c1. The van der Waals surface area contributed by atoms with Gasteiger partial charge in [0.25, 0.3) is 0 Å². The number of rotatable bonds is 4. The summed E-state index contributed by atoms with van der Waals surface area (Å²) < 4.78 is 7.79. The van der Waals surface area contributed by atoms with E-state index in [1.807, 2.05) is 47.1 Å². The molecule has 4 nitrogen and oxygen atoms in total. The van der Waals surface area contributed by atoms with E-state index in [1.54, 1.807) is 0 Å². The monoisotopic (exact) mass is 267 g/mol. The fraction of sp³-hybridized carbons (Fsp3) is 0.188. The van der Waals surface area contributed by atoms with Crippen LogP contribution in [0.2, 0.25) is 0 Å². The zero-order valence-electron chi connectivity index (χ0n) is 11.4. The van der Waals surface area contributed by atoms with E-state index in [0.29, 0.717) is 6.61 Å². The average molecular weight is 267 g/mol. The number of nitrogens with two attached hydrogens (primary N) is 1. The van der Waals surface area contributed by atoms with Crippen molar-refractivity contribution >= 4 is 11.2 Å². The summed E-state index contributed by atoms with van der Waals surface area (Å²) in [6.45, 7) is 2.66. The zero-order chi connectivity index (χ0) is 13.9. The number of hydrogen-bond donors (Lipinski definition) is 1. The summed E-state index contributed by atoms with van der Waals surface area (Å²) in [5.41, 5.74) is 8.72. The van der Waals surface area contributed by atoms with Crippen LogP contribution in [0.25, 0.3) is 5.52 Å². The van der Waals surface area contributed by atoms with Crippen molar-refractivity contribution in [1.82, 2.24) is 9.38 Å².